The number of aromatic nitrogens is 3. The number of rotatable bonds is 4. The largest absolute Gasteiger partial charge is 0.324 e. The molecule has 158 valence electrons. The Bertz CT molecular complexity index is 1100. The maximum atomic E-state index is 12.7. The van der Waals surface area contributed by atoms with Crippen LogP contribution in [-0.2, 0) is 4.79 Å². The number of anilines is 2. The summed E-state index contributed by atoms with van der Waals surface area (Å²) >= 11 is 6.07. The predicted molar refractivity (Wildman–Crippen MR) is 123 cm³/mol. The lowest BCUT2D eigenvalue weighted by atomic mass is 9.89. The highest BCUT2D eigenvalue weighted by Crippen LogP contribution is 2.33. The zero-order valence-electron chi connectivity index (χ0n) is 17.1. The molecule has 2 aromatic carbocycles. The third-order valence-electron chi connectivity index (χ3n) is 5.97. The van der Waals surface area contributed by atoms with Crippen LogP contribution in [0, 0.1) is 5.92 Å². The fraction of sp³-hybridized carbons (Fsp3) is 0.292. The molecule has 31 heavy (non-hydrogen) atoms. The van der Waals surface area contributed by atoms with Crippen LogP contribution < -0.4 is 10.6 Å². The van der Waals surface area contributed by atoms with Gasteiger partial charge in [0.05, 0.1) is 0 Å². The van der Waals surface area contributed by atoms with Crippen molar-refractivity contribution in [2.24, 2.45) is 5.92 Å². The van der Waals surface area contributed by atoms with Gasteiger partial charge < -0.3 is 5.32 Å². The number of halogens is 1. The molecule has 6 nitrogen and oxygen atoms in total. The van der Waals surface area contributed by atoms with Crippen LogP contribution in [0.5, 0.6) is 0 Å². The average molecular weight is 434 g/mol. The van der Waals surface area contributed by atoms with Crippen LogP contribution in [0.25, 0.3) is 5.70 Å². The van der Waals surface area contributed by atoms with Crippen molar-refractivity contribution in [2.75, 3.05) is 10.6 Å². The molecule has 2 N–H and O–H groups in total. The lowest BCUT2D eigenvalue weighted by Gasteiger charge is -2.24. The molecule has 7 heteroatoms. The lowest BCUT2D eigenvalue weighted by Crippen LogP contribution is -2.25. The Morgan fingerprint density at radius 3 is 2.52 bits per heavy atom. The number of allylic oxidation sites excluding steroid dienone is 1. The van der Waals surface area contributed by atoms with E-state index in [2.05, 4.69) is 38.9 Å². The first kappa shape index (κ1) is 19.8. The smallest absolute Gasteiger partial charge is 0.250 e. The molecule has 5 rings (SSSR count). The van der Waals surface area contributed by atoms with Gasteiger partial charge in [-0.1, -0.05) is 73.3 Å². The molecule has 1 fully saturated rings. The van der Waals surface area contributed by atoms with Gasteiger partial charge >= 0.3 is 0 Å². The van der Waals surface area contributed by atoms with Crippen molar-refractivity contribution in [1.82, 2.24) is 14.8 Å². The molecule has 0 radical (unpaired) electrons. The van der Waals surface area contributed by atoms with Crippen LogP contribution in [0.3, 0.4) is 0 Å². The second kappa shape index (κ2) is 8.55. The van der Waals surface area contributed by atoms with Crippen molar-refractivity contribution < 1.29 is 4.79 Å². The summed E-state index contributed by atoms with van der Waals surface area (Å²) in [6, 6.07) is 17.7. The molecule has 1 aromatic heterocycles. The second-order valence-corrected chi connectivity index (χ2v) is 8.53. The molecule has 0 spiro atoms. The Morgan fingerprint density at radius 1 is 1.03 bits per heavy atom. The molecule has 2 aliphatic rings. The van der Waals surface area contributed by atoms with Gasteiger partial charge in [0.1, 0.15) is 6.04 Å². The van der Waals surface area contributed by atoms with Crippen molar-refractivity contribution in [3.05, 3.63) is 76.8 Å². The third kappa shape index (κ3) is 4.21. The van der Waals surface area contributed by atoms with E-state index in [1.54, 1.807) is 0 Å². The van der Waals surface area contributed by atoms with Gasteiger partial charge in [0.2, 0.25) is 11.9 Å². The van der Waals surface area contributed by atoms with Crippen LogP contribution in [-0.4, -0.2) is 20.7 Å². The standard InChI is InChI=1S/C24H24ClN5O/c25-19-13-11-16(12-14-19)20-15-21(17-7-3-1-4-8-17)30-24(26-20)28-23(29-30)27-22(31)18-9-5-2-6-10-18/h1,3-4,7-8,11-15,18,21H,2,5-6,9-10H2,(H2,26,27,28,29,31)/t21-/m0/s1. The molecular weight excluding hydrogens is 410 g/mol. The number of nitrogens with one attached hydrogen (secondary N) is 2. The van der Waals surface area contributed by atoms with Gasteiger partial charge in [-0.15, -0.1) is 5.10 Å². The molecule has 3 aromatic rings. The fourth-order valence-corrected chi connectivity index (χ4v) is 4.43. The highest BCUT2D eigenvalue weighted by atomic mass is 35.5. The van der Waals surface area contributed by atoms with E-state index in [9.17, 15) is 4.79 Å². The topological polar surface area (TPSA) is 71.8 Å². The summed E-state index contributed by atoms with van der Waals surface area (Å²) in [5, 5.41) is 11.6. The van der Waals surface area contributed by atoms with Crippen LogP contribution in [0.2, 0.25) is 5.02 Å². The predicted octanol–water partition coefficient (Wildman–Crippen LogP) is 5.51. The molecular formula is C24H24ClN5O. The molecule has 0 bridgehead atoms. The fourth-order valence-electron chi connectivity index (χ4n) is 4.31. The van der Waals surface area contributed by atoms with Crippen LogP contribution >= 0.6 is 11.6 Å². The molecule has 1 aliphatic heterocycles. The van der Waals surface area contributed by atoms with Crippen LogP contribution in [0.15, 0.2) is 60.7 Å². The molecule has 1 aliphatic carbocycles. The number of hydrogen-bond acceptors (Lipinski definition) is 4. The van der Waals surface area contributed by atoms with E-state index >= 15 is 0 Å². The third-order valence-corrected chi connectivity index (χ3v) is 6.23. The molecule has 1 atom stereocenters. The zero-order chi connectivity index (χ0) is 21.2. The van der Waals surface area contributed by atoms with Gasteiger partial charge in [-0.3, -0.25) is 10.1 Å². The summed E-state index contributed by atoms with van der Waals surface area (Å²) in [6.07, 6.45) is 7.42. The number of hydrogen-bond donors (Lipinski definition) is 2. The number of amides is 1. The maximum absolute atomic E-state index is 12.7. The first-order valence-corrected chi connectivity index (χ1v) is 11.1. The number of nitrogens with zero attached hydrogens (tertiary/aromatic N) is 3. The summed E-state index contributed by atoms with van der Waals surface area (Å²) in [7, 11) is 0. The first-order valence-electron chi connectivity index (χ1n) is 10.7. The maximum Gasteiger partial charge on any atom is 0.250 e. The summed E-state index contributed by atoms with van der Waals surface area (Å²) < 4.78 is 1.82. The van der Waals surface area contributed by atoms with E-state index in [-0.39, 0.29) is 17.9 Å². The number of fused-ring (bicyclic) bond motifs is 1. The quantitative estimate of drug-likeness (QED) is 0.569. The molecule has 0 unspecified atom stereocenters. The summed E-state index contributed by atoms with van der Waals surface area (Å²) in [5.74, 6) is 1.00. The summed E-state index contributed by atoms with van der Waals surface area (Å²) in [6.45, 7) is 0. The van der Waals surface area contributed by atoms with Crippen molar-refractivity contribution in [3.63, 3.8) is 0 Å². The van der Waals surface area contributed by atoms with Gasteiger partial charge in [0.15, 0.2) is 0 Å². The minimum atomic E-state index is -0.143. The first-order chi connectivity index (χ1) is 15.2. The second-order valence-electron chi connectivity index (χ2n) is 8.10. The molecule has 1 saturated carbocycles. The van der Waals surface area contributed by atoms with Crippen molar-refractivity contribution in [3.8, 4) is 0 Å². The molecule has 0 saturated heterocycles. The van der Waals surface area contributed by atoms with Crippen molar-refractivity contribution in [2.45, 2.75) is 38.1 Å². The average Bonchev–Trinajstić information content (AvgIpc) is 3.22. The molecule has 2 heterocycles. The Morgan fingerprint density at radius 2 is 1.77 bits per heavy atom. The SMILES string of the molecule is O=C(Nc1nc2n(n1)[C@H](c1ccccc1)C=C(c1ccc(Cl)cc1)N2)C1CCCCC1. The lowest BCUT2D eigenvalue weighted by molar-refractivity contribution is -0.120. The number of carbonyl (C=O) groups excluding carboxylic acids is 1. The number of benzene rings is 2. The Labute approximate surface area is 186 Å². The summed E-state index contributed by atoms with van der Waals surface area (Å²) in [5.41, 5.74) is 3.02. The summed E-state index contributed by atoms with van der Waals surface area (Å²) in [4.78, 5) is 17.3. The minimum Gasteiger partial charge on any atom is -0.324 e. The van der Waals surface area contributed by atoms with E-state index < -0.39 is 0 Å². The molecule has 1 amide bonds. The van der Waals surface area contributed by atoms with Crippen LogP contribution in [0.4, 0.5) is 11.9 Å². The van der Waals surface area contributed by atoms with Gasteiger partial charge in [-0.25, -0.2) is 4.68 Å². The van der Waals surface area contributed by atoms with E-state index in [0.717, 1.165) is 42.5 Å². The van der Waals surface area contributed by atoms with Crippen molar-refractivity contribution >= 4 is 35.1 Å². The Balaban J connectivity index is 1.46. The van der Waals surface area contributed by atoms with Crippen molar-refractivity contribution in [1.29, 1.82) is 0 Å². The normalized spacial score (nSPS) is 18.6. The Kier molecular flexibility index (Phi) is 5.47. The van der Waals surface area contributed by atoms with E-state index in [4.69, 9.17) is 11.6 Å². The van der Waals surface area contributed by atoms with Gasteiger partial charge in [0, 0.05) is 16.6 Å². The highest BCUT2D eigenvalue weighted by Gasteiger charge is 2.27. The number of carbonyl (C=O) groups is 1. The van der Waals surface area contributed by atoms with Crippen LogP contribution in [0.1, 0.15) is 49.3 Å². The van der Waals surface area contributed by atoms with E-state index in [0.29, 0.717) is 16.9 Å². The van der Waals surface area contributed by atoms with Gasteiger partial charge in [-0.2, -0.15) is 4.98 Å². The van der Waals surface area contributed by atoms with Gasteiger partial charge in [0.25, 0.3) is 5.95 Å². The monoisotopic (exact) mass is 433 g/mol. The highest BCUT2D eigenvalue weighted by molar-refractivity contribution is 6.30. The van der Waals surface area contributed by atoms with E-state index in [1.807, 2.05) is 47.1 Å². The minimum absolute atomic E-state index is 0.0183. The zero-order valence-corrected chi connectivity index (χ0v) is 17.8. The Hall–Kier alpha value is -3.12. The van der Waals surface area contributed by atoms with Gasteiger partial charge in [-0.05, 0) is 42.2 Å². The van der Waals surface area contributed by atoms with E-state index in [1.165, 1.54) is 6.42 Å².